The number of imide groups is 1. The molecule has 2 aromatic carbocycles. The molecule has 4 atom stereocenters. The Morgan fingerprint density at radius 2 is 1.83 bits per heavy atom. The van der Waals surface area contributed by atoms with Crippen LogP contribution in [0.5, 0.6) is 0 Å². The fraction of sp³-hybridized carbons (Fsp3) is 0.483. The van der Waals surface area contributed by atoms with Crippen molar-refractivity contribution in [2.24, 2.45) is 17.3 Å². The number of carbonyl (C=O) groups is 3. The molecule has 2 heterocycles. The lowest BCUT2D eigenvalue weighted by molar-refractivity contribution is -0.122. The quantitative estimate of drug-likeness (QED) is 0.430. The summed E-state index contributed by atoms with van der Waals surface area (Å²) in [5, 5.41) is 0. The van der Waals surface area contributed by atoms with E-state index in [0.717, 1.165) is 43.8 Å². The normalized spacial score (nSPS) is 28.4. The van der Waals surface area contributed by atoms with Gasteiger partial charge < -0.3 is 9.47 Å². The Morgan fingerprint density at radius 1 is 1.08 bits per heavy atom. The summed E-state index contributed by atoms with van der Waals surface area (Å²) in [5.74, 6) is -1.05. The van der Waals surface area contributed by atoms with E-state index in [0.29, 0.717) is 18.2 Å². The van der Waals surface area contributed by atoms with E-state index >= 15 is 0 Å². The minimum atomic E-state index is -0.495. The van der Waals surface area contributed by atoms with Gasteiger partial charge in [-0.1, -0.05) is 49.4 Å². The number of para-hydroxylation sites is 1. The Bertz CT molecular complexity index is 1140. The molecule has 0 radical (unpaired) electrons. The molecule has 5 rings (SSSR count). The summed E-state index contributed by atoms with van der Waals surface area (Å²) in [4.78, 5) is 42.0. The summed E-state index contributed by atoms with van der Waals surface area (Å²) in [6, 6.07) is 17.2. The van der Waals surface area contributed by atoms with Gasteiger partial charge in [-0.25, -0.2) is 9.69 Å². The van der Waals surface area contributed by atoms with Gasteiger partial charge in [0, 0.05) is 44.5 Å². The lowest BCUT2D eigenvalue weighted by atomic mass is 9.65. The maximum absolute atomic E-state index is 13.3. The van der Waals surface area contributed by atoms with Crippen molar-refractivity contribution >= 4 is 23.5 Å². The monoisotopic (exact) mass is 490 g/mol. The molecule has 7 heteroatoms. The Morgan fingerprint density at radius 3 is 2.56 bits per heavy atom. The van der Waals surface area contributed by atoms with E-state index in [9.17, 15) is 14.4 Å². The Labute approximate surface area is 212 Å². The molecule has 2 saturated heterocycles. The molecule has 0 spiro atoms. The van der Waals surface area contributed by atoms with Crippen molar-refractivity contribution in [1.82, 2.24) is 4.90 Å². The number of amides is 2. The molecular weight excluding hydrogens is 456 g/mol. The third-order valence-corrected chi connectivity index (χ3v) is 8.03. The van der Waals surface area contributed by atoms with Crippen LogP contribution < -0.4 is 4.90 Å². The smallest absolute Gasteiger partial charge is 0.340 e. The third kappa shape index (κ3) is 4.82. The van der Waals surface area contributed by atoms with Crippen molar-refractivity contribution in [2.75, 3.05) is 31.7 Å². The number of fused-ring (bicyclic) bond motifs is 2. The minimum Gasteiger partial charge on any atom is -0.461 e. The standard InChI is InChI=1S/C29H34N2O5/c1-20-14-26(32)31(27(20)33)24-11-7-6-10-23(24)28(34)36-19-29-13-12-25(35-2)22(15-29)17-30(18-29)16-21-8-4-3-5-9-21/h3-11,20,22,25H,12-19H2,1-2H3/t20-,22-,25-,29-/m0/s1. The van der Waals surface area contributed by atoms with E-state index in [1.807, 2.05) is 6.07 Å². The lowest BCUT2D eigenvalue weighted by Crippen LogP contribution is -2.55. The number of esters is 1. The summed E-state index contributed by atoms with van der Waals surface area (Å²) in [5.41, 5.74) is 1.69. The summed E-state index contributed by atoms with van der Waals surface area (Å²) < 4.78 is 11.8. The van der Waals surface area contributed by atoms with E-state index in [1.165, 1.54) is 5.56 Å². The minimum absolute atomic E-state index is 0.148. The molecular formula is C29H34N2O5. The zero-order valence-electron chi connectivity index (χ0n) is 21.0. The number of nitrogens with zero attached hydrogens (tertiary/aromatic N) is 2. The van der Waals surface area contributed by atoms with Crippen LogP contribution in [0, 0.1) is 17.3 Å². The summed E-state index contributed by atoms with van der Waals surface area (Å²) in [6.07, 6.45) is 3.19. The van der Waals surface area contributed by atoms with Crippen molar-refractivity contribution in [1.29, 1.82) is 0 Å². The van der Waals surface area contributed by atoms with Gasteiger partial charge in [0.05, 0.1) is 24.0 Å². The van der Waals surface area contributed by atoms with Gasteiger partial charge >= 0.3 is 5.97 Å². The highest BCUT2D eigenvalue weighted by molar-refractivity contribution is 6.22. The molecule has 0 aromatic heterocycles. The maximum atomic E-state index is 13.3. The predicted octanol–water partition coefficient (Wildman–Crippen LogP) is 4.06. The van der Waals surface area contributed by atoms with Crippen molar-refractivity contribution in [3.8, 4) is 0 Å². The number of carbonyl (C=O) groups excluding carboxylic acids is 3. The average molecular weight is 491 g/mol. The molecule has 3 fully saturated rings. The Balaban J connectivity index is 1.33. The average Bonchev–Trinajstić information content (AvgIpc) is 3.14. The van der Waals surface area contributed by atoms with Crippen LogP contribution in [-0.2, 0) is 25.6 Å². The van der Waals surface area contributed by atoms with Gasteiger partial charge in [-0.3, -0.25) is 14.5 Å². The van der Waals surface area contributed by atoms with Crippen LogP contribution in [0.4, 0.5) is 5.69 Å². The van der Waals surface area contributed by atoms with Crippen molar-refractivity contribution in [3.05, 3.63) is 65.7 Å². The summed E-state index contributed by atoms with van der Waals surface area (Å²) in [7, 11) is 1.78. The molecule has 2 aromatic rings. The number of ether oxygens (including phenoxy) is 2. The number of methoxy groups -OCH3 is 1. The second-order valence-corrected chi connectivity index (χ2v) is 10.7. The van der Waals surface area contributed by atoms with Crippen molar-refractivity contribution in [3.63, 3.8) is 0 Å². The first kappa shape index (κ1) is 24.7. The number of anilines is 1. The van der Waals surface area contributed by atoms with E-state index in [2.05, 4.69) is 29.2 Å². The van der Waals surface area contributed by atoms with E-state index in [4.69, 9.17) is 9.47 Å². The highest BCUT2D eigenvalue weighted by atomic mass is 16.5. The molecule has 3 aliphatic rings. The van der Waals surface area contributed by atoms with Gasteiger partial charge in [0.15, 0.2) is 0 Å². The third-order valence-electron chi connectivity index (χ3n) is 8.03. The molecule has 2 bridgehead atoms. The molecule has 1 saturated carbocycles. The Hall–Kier alpha value is -3.03. The van der Waals surface area contributed by atoms with E-state index in [1.54, 1.807) is 38.3 Å². The lowest BCUT2D eigenvalue weighted by Gasteiger charge is -2.51. The maximum Gasteiger partial charge on any atom is 0.340 e. The molecule has 0 N–H and O–H groups in total. The number of likely N-dealkylation sites (tertiary alicyclic amines) is 1. The van der Waals surface area contributed by atoms with Crippen LogP contribution in [0.15, 0.2) is 54.6 Å². The molecule has 2 aliphatic heterocycles. The number of hydrogen-bond acceptors (Lipinski definition) is 6. The highest BCUT2D eigenvalue weighted by Gasteiger charge is 2.47. The predicted molar refractivity (Wildman–Crippen MR) is 135 cm³/mol. The van der Waals surface area contributed by atoms with Gasteiger partial charge in [-0.05, 0) is 42.9 Å². The zero-order chi connectivity index (χ0) is 25.3. The molecule has 190 valence electrons. The topological polar surface area (TPSA) is 76.1 Å². The SMILES string of the molecule is CO[C@H]1CC[C@]2(COC(=O)c3ccccc3N3C(=O)C[C@H](C)C3=O)C[C@H]1CN(Cc1ccccc1)C2. The number of benzene rings is 2. The second-order valence-electron chi connectivity index (χ2n) is 10.7. The van der Waals surface area contributed by atoms with Crippen LogP contribution in [0.1, 0.15) is 48.5 Å². The first-order chi connectivity index (χ1) is 17.4. The van der Waals surface area contributed by atoms with Crippen LogP contribution in [0.3, 0.4) is 0 Å². The van der Waals surface area contributed by atoms with Crippen LogP contribution in [0.2, 0.25) is 0 Å². The van der Waals surface area contributed by atoms with Crippen LogP contribution >= 0.6 is 0 Å². The first-order valence-electron chi connectivity index (χ1n) is 12.8. The van der Waals surface area contributed by atoms with Gasteiger partial charge in [-0.2, -0.15) is 0 Å². The van der Waals surface area contributed by atoms with Gasteiger partial charge in [0.1, 0.15) is 0 Å². The number of hydrogen-bond donors (Lipinski definition) is 0. The second kappa shape index (κ2) is 10.1. The largest absolute Gasteiger partial charge is 0.461 e. The van der Waals surface area contributed by atoms with Crippen molar-refractivity contribution in [2.45, 2.75) is 45.3 Å². The fourth-order valence-electron chi connectivity index (χ4n) is 6.29. The van der Waals surface area contributed by atoms with Gasteiger partial charge in [-0.15, -0.1) is 0 Å². The van der Waals surface area contributed by atoms with Gasteiger partial charge in [0.25, 0.3) is 0 Å². The fourth-order valence-corrected chi connectivity index (χ4v) is 6.29. The summed E-state index contributed by atoms with van der Waals surface area (Å²) >= 11 is 0. The van der Waals surface area contributed by atoms with Crippen LogP contribution in [-0.4, -0.2) is 55.6 Å². The highest BCUT2D eigenvalue weighted by Crippen LogP contribution is 2.46. The number of rotatable bonds is 7. The van der Waals surface area contributed by atoms with Crippen molar-refractivity contribution < 1.29 is 23.9 Å². The summed E-state index contributed by atoms with van der Waals surface area (Å²) in [6.45, 7) is 4.70. The zero-order valence-corrected chi connectivity index (χ0v) is 21.0. The van der Waals surface area contributed by atoms with E-state index < -0.39 is 5.97 Å². The van der Waals surface area contributed by atoms with Gasteiger partial charge in [0.2, 0.25) is 11.8 Å². The molecule has 0 unspecified atom stereocenters. The molecule has 1 aliphatic carbocycles. The Kier molecular flexibility index (Phi) is 6.95. The molecule has 2 amide bonds. The first-order valence-corrected chi connectivity index (χ1v) is 12.8. The number of piperidine rings is 1. The van der Waals surface area contributed by atoms with Crippen LogP contribution in [0.25, 0.3) is 0 Å². The van der Waals surface area contributed by atoms with E-state index in [-0.39, 0.29) is 41.2 Å². The molecule has 7 nitrogen and oxygen atoms in total. The molecule has 36 heavy (non-hydrogen) atoms.